The molecule has 0 aliphatic heterocycles. The molecule has 0 aromatic heterocycles. The van der Waals surface area contributed by atoms with Gasteiger partial charge >= 0.3 is 6.72 Å². The van der Waals surface area contributed by atoms with Crippen LogP contribution in [0.4, 0.5) is 0 Å². The molecule has 1 aromatic rings. The summed E-state index contributed by atoms with van der Waals surface area (Å²) in [5, 5.41) is 0. The Bertz CT molecular complexity index is 358. The molecule has 1 rings (SSSR count). The van der Waals surface area contributed by atoms with Crippen LogP contribution in [0, 0.1) is 0 Å². The van der Waals surface area contributed by atoms with E-state index in [4.69, 9.17) is 14.3 Å². The molecule has 0 fully saturated rings. The molecule has 1 aromatic carbocycles. The number of para-hydroxylation sites is 1. The van der Waals surface area contributed by atoms with Crippen LogP contribution < -0.4 is 4.52 Å². The molecule has 0 aliphatic carbocycles. The van der Waals surface area contributed by atoms with Crippen molar-refractivity contribution >= 4 is 24.6 Å². The Morgan fingerprint density at radius 3 is 2.54 bits per heavy atom. The number of hydrogen-bond acceptors (Lipinski definition) is 2. The van der Waals surface area contributed by atoms with Crippen molar-refractivity contribution in [2.24, 2.45) is 0 Å². The van der Waals surface area contributed by atoms with Gasteiger partial charge in [0.2, 0.25) is 0 Å². The number of hydrogen-bond donors (Lipinski definition) is 2. The molecule has 0 atom stereocenters. The maximum atomic E-state index is 8.92. The zero-order chi connectivity index (χ0) is 9.90. The second-order valence-corrected chi connectivity index (χ2v) is 4.91. The van der Waals surface area contributed by atoms with Gasteiger partial charge in [-0.15, -0.1) is 0 Å². The lowest BCUT2D eigenvalue weighted by Crippen LogP contribution is -1.91. The van der Waals surface area contributed by atoms with E-state index in [2.05, 4.69) is 18.4 Å². The number of benzene rings is 1. The lowest BCUT2D eigenvalue weighted by Gasteiger charge is -2.11. The van der Waals surface area contributed by atoms with Gasteiger partial charge in [-0.25, -0.2) is 0 Å². The second kappa shape index (κ2) is 4.03. The molecule has 0 amide bonds. The van der Waals surface area contributed by atoms with Crippen molar-refractivity contribution < 1.29 is 14.3 Å². The zero-order valence-electron chi connectivity index (χ0n) is 6.75. The molecule has 0 spiro atoms. The van der Waals surface area contributed by atoms with Gasteiger partial charge in [0.15, 0.2) is 0 Å². The molecule has 0 aliphatic rings. The van der Waals surface area contributed by atoms with Crippen molar-refractivity contribution in [2.75, 3.05) is 0 Å². The minimum Gasteiger partial charge on any atom is -0.424 e. The van der Waals surface area contributed by atoms with Gasteiger partial charge in [-0.2, -0.15) is 0 Å². The highest BCUT2D eigenvalue weighted by atomic mass is 32.5. The fourth-order valence-electron chi connectivity index (χ4n) is 0.860. The van der Waals surface area contributed by atoms with E-state index in [-0.39, 0.29) is 0 Å². The first-order valence-corrected chi connectivity index (χ1v) is 6.12. The van der Waals surface area contributed by atoms with Crippen molar-refractivity contribution in [3.8, 4) is 5.75 Å². The summed E-state index contributed by atoms with van der Waals surface area (Å²) >= 11 is 4.34. The topological polar surface area (TPSA) is 49.7 Å². The normalized spacial score (nSPS) is 10.9. The summed E-state index contributed by atoms with van der Waals surface area (Å²) in [6.07, 6.45) is 1.56. The Hall–Kier alpha value is -0.670. The monoisotopic (exact) mass is 216 g/mol. The van der Waals surface area contributed by atoms with E-state index in [9.17, 15) is 0 Å². The maximum absolute atomic E-state index is 8.92. The van der Waals surface area contributed by atoms with Crippen molar-refractivity contribution in [3.05, 3.63) is 36.4 Å². The minimum atomic E-state index is -3.64. The molecule has 0 saturated heterocycles. The van der Waals surface area contributed by atoms with Gasteiger partial charge in [-0.1, -0.05) is 30.9 Å². The van der Waals surface area contributed by atoms with Crippen LogP contribution in [0.2, 0.25) is 0 Å². The third-order valence-corrected chi connectivity index (χ3v) is 2.01. The number of rotatable bonds is 3. The van der Waals surface area contributed by atoms with E-state index in [1.54, 1.807) is 30.3 Å². The van der Waals surface area contributed by atoms with E-state index in [1.165, 1.54) is 0 Å². The SMILES string of the molecule is C=Cc1ccccc1OP(O)(O)=S. The van der Waals surface area contributed by atoms with E-state index in [0.29, 0.717) is 11.3 Å². The molecule has 2 N–H and O–H groups in total. The van der Waals surface area contributed by atoms with E-state index in [0.717, 1.165) is 0 Å². The van der Waals surface area contributed by atoms with Crippen molar-refractivity contribution in [2.45, 2.75) is 0 Å². The summed E-state index contributed by atoms with van der Waals surface area (Å²) in [6, 6.07) is 6.85. The average Bonchev–Trinajstić information content (AvgIpc) is 2.02. The molecule has 0 heterocycles. The quantitative estimate of drug-likeness (QED) is 0.758. The second-order valence-electron chi connectivity index (χ2n) is 2.32. The van der Waals surface area contributed by atoms with E-state index in [1.807, 2.05) is 0 Å². The summed E-state index contributed by atoms with van der Waals surface area (Å²) in [7, 11) is 0. The Morgan fingerprint density at radius 1 is 1.38 bits per heavy atom. The van der Waals surface area contributed by atoms with Crippen molar-refractivity contribution in [3.63, 3.8) is 0 Å². The zero-order valence-corrected chi connectivity index (χ0v) is 8.46. The predicted octanol–water partition coefficient (Wildman–Crippen LogP) is 1.92. The van der Waals surface area contributed by atoms with Crippen LogP contribution in [-0.2, 0) is 11.8 Å². The summed E-state index contributed by atoms with van der Waals surface area (Å²) in [4.78, 5) is 17.8. The van der Waals surface area contributed by atoms with Gasteiger partial charge in [0.05, 0.1) is 0 Å². The Kier molecular flexibility index (Phi) is 3.22. The Labute approximate surface area is 81.6 Å². The van der Waals surface area contributed by atoms with Crippen molar-refractivity contribution in [1.29, 1.82) is 0 Å². The first-order valence-electron chi connectivity index (χ1n) is 3.49. The van der Waals surface area contributed by atoms with Gasteiger partial charge < -0.3 is 14.3 Å². The van der Waals surface area contributed by atoms with Gasteiger partial charge in [0.25, 0.3) is 0 Å². The molecular formula is C8H9O3PS. The van der Waals surface area contributed by atoms with Crippen LogP contribution in [0.3, 0.4) is 0 Å². The predicted molar refractivity (Wildman–Crippen MR) is 55.9 cm³/mol. The highest BCUT2D eigenvalue weighted by Crippen LogP contribution is 2.39. The molecule has 13 heavy (non-hydrogen) atoms. The van der Waals surface area contributed by atoms with Crippen LogP contribution in [0.1, 0.15) is 5.56 Å². The lowest BCUT2D eigenvalue weighted by atomic mass is 10.2. The summed E-state index contributed by atoms with van der Waals surface area (Å²) in [6.45, 7) is -0.0855. The van der Waals surface area contributed by atoms with Crippen LogP contribution >= 0.6 is 6.72 Å². The van der Waals surface area contributed by atoms with Crippen LogP contribution in [0.25, 0.3) is 6.08 Å². The van der Waals surface area contributed by atoms with Crippen LogP contribution in [0.5, 0.6) is 5.75 Å². The van der Waals surface area contributed by atoms with Gasteiger partial charge in [-0.05, 0) is 6.07 Å². The average molecular weight is 216 g/mol. The van der Waals surface area contributed by atoms with Crippen LogP contribution in [0.15, 0.2) is 30.8 Å². The van der Waals surface area contributed by atoms with Crippen LogP contribution in [-0.4, -0.2) is 9.79 Å². The first-order chi connectivity index (χ1) is 6.03. The smallest absolute Gasteiger partial charge is 0.375 e. The third-order valence-electron chi connectivity index (χ3n) is 1.36. The minimum absolute atomic E-state index is 0.339. The van der Waals surface area contributed by atoms with E-state index < -0.39 is 6.72 Å². The van der Waals surface area contributed by atoms with Gasteiger partial charge in [-0.3, -0.25) is 0 Å². The highest BCUT2D eigenvalue weighted by Gasteiger charge is 2.11. The Balaban J connectivity index is 3.00. The maximum Gasteiger partial charge on any atom is 0.375 e. The van der Waals surface area contributed by atoms with Gasteiger partial charge in [0, 0.05) is 17.4 Å². The molecule has 5 heteroatoms. The molecule has 0 bridgehead atoms. The third kappa shape index (κ3) is 3.28. The molecule has 70 valence electrons. The first kappa shape index (κ1) is 10.4. The van der Waals surface area contributed by atoms with E-state index >= 15 is 0 Å². The molecule has 0 radical (unpaired) electrons. The summed E-state index contributed by atoms with van der Waals surface area (Å²) in [5.74, 6) is 0.339. The largest absolute Gasteiger partial charge is 0.424 e. The molecule has 3 nitrogen and oxygen atoms in total. The standard InChI is InChI=1S/C8H9O3PS/c1-2-7-5-3-4-6-8(7)11-12(9,10)13/h2-6H,1H2,(H2,9,10,13). The summed E-state index contributed by atoms with van der Waals surface area (Å²) < 4.78 is 4.79. The fraction of sp³-hybridized carbons (Fsp3) is 0. The molecule has 0 saturated carbocycles. The highest BCUT2D eigenvalue weighted by molar-refractivity contribution is 8.06. The van der Waals surface area contributed by atoms with Gasteiger partial charge in [0.1, 0.15) is 5.75 Å². The fourth-order valence-corrected chi connectivity index (χ4v) is 1.52. The molecule has 0 unspecified atom stereocenters. The lowest BCUT2D eigenvalue weighted by molar-refractivity contribution is 0.370. The van der Waals surface area contributed by atoms with Crippen molar-refractivity contribution in [1.82, 2.24) is 0 Å². The Morgan fingerprint density at radius 2 is 2.00 bits per heavy atom. The summed E-state index contributed by atoms with van der Waals surface area (Å²) in [5.41, 5.74) is 0.680. The molecular weight excluding hydrogens is 207 g/mol.